The first-order chi connectivity index (χ1) is 14.9. The first kappa shape index (κ1) is 24.4. The molecule has 1 aliphatic rings. The Morgan fingerprint density at radius 1 is 1.06 bits per heavy atom. The zero-order valence-electron chi connectivity index (χ0n) is 17.6. The third kappa shape index (κ3) is 7.70. The van der Waals surface area contributed by atoms with Gasteiger partial charge in [0.1, 0.15) is 5.82 Å². The van der Waals surface area contributed by atoms with E-state index < -0.39 is 7.60 Å². The Bertz CT molecular complexity index is 870. The van der Waals surface area contributed by atoms with Crippen molar-refractivity contribution in [3.05, 3.63) is 65.5 Å². The van der Waals surface area contributed by atoms with E-state index in [1.165, 1.54) is 11.0 Å². The number of rotatable bonds is 13. The number of ether oxygens (including phenoxy) is 1. The molecule has 1 aliphatic heterocycles. The SMILES string of the molecule is O=P(O)(O)CCCNCc1ccc(SCCCCC2(c3ccccc3F)COC2)cc1. The number of nitrogens with one attached hydrogen (secondary N) is 1. The molecule has 5 nitrogen and oxygen atoms in total. The highest BCUT2D eigenvalue weighted by Gasteiger charge is 2.41. The van der Waals surface area contributed by atoms with Crippen LogP contribution in [-0.4, -0.2) is 41.5 Å². The molecule has 1 fully saturated rings. The molecule has 1 heterocycles. The predicted molar refractivity (Wildman–Crippen MR) is 123 cm³/mol. The van der Waals surface area contributed by atoms with Crippen molar-refractivity contribution in [1.82, 2.24) is 5.32 Å². The van der Waals surface area contributed by atoms with Crippen molar-refractivity contribution < 1.29 is 23.5 Å². The zero-order valence-corrected chi connectivity index (χ0v) is 19.3. The molecular weight excluding hydrogens is 436 g/mol. The molecule has 0 amide bonds. The van der Waals surface area contributed by atoms with Gasteiger partial charge in [-0.3, -0.25) is 4.57 Å². The summed E-state index contributed by atoms with van der Waals surface area (Å²) in [5, 5.41) is 3.21. The molecule has 2 aromatic carbocycles. The topological polar surface area (TPSA) is 78.8 Å². The van der Waals surface area contributed by atoms with Gasteiger partial charge in [0.2, 0.25) is 0 Å². The lowest BCUT2D eigenvalue weighted by Gasteiger charge is -2.42. The van der Waals surface area contributed by atoms with Crippen molar-refractivity contribution in [3.63, 3.8) is 0 Å². The second-order valence-electron chi connectivity index (χ2n) is 8.12. The van der Waals surface area contributed by atoms with Gasteiger partial charge in [-0.1, -0.05) is 36.8 Å². The van der Waals surface area contributed by atoms with Gasteiger partial charge in [-0.05, 0) is 60.9 Å². The Morgan fingerprint density at radius 3 is 2.45 bits per heavy atom. The van der Waals surface area contributed by atoms with Crippen molar-refractivity contribution in [2.45, 2.75) is 42.5 Å². The van der Waals surface area contributed by atoms with Gasteiger partial charge in [0.05, 0.1) is 19.4 Å². The number of hydrogen-bond acceptors (Lipinski definition) is 4. The van der Waals surface area contributed by atoms with Crippen LogP contribution in [0, 0.1) is 5.82 Å². The highest BCUT2D eigenvalue weighted by molar-refractivity contribution is 7.99. The summed E-state index contributed by atoms with van der Waals surface area (Å²) in [6.45, 7) is 2.49. The predicted octanol–water partition coefficient (Wildman–Crippen LogP) is 4.71. The van der Waals surface area contributed by atoms with Crippen LogP contribution < -0.4 is 5.32 Å². The van der Waals surface area contributed by atoms with Crippen LogP contribution in [0.2, 0.25) is 0 Å². The lowest BCUT2D eigenvalue weighted by atomic mass is 9.74. The fraction of sp³-hybridized carbons (Fsp3) is 0.478. The van der Waals surface area contributed by atoms with Gasteiger partial charge >= 0.3 is 7.60 Å². The van der Waals surface area contributed by atoms with E-state index in [-0.39, 0.29) is 17.4 Å². The van der Waals surface area contributed by atoms with Crippen LogP contribution in [0.4, 0.5) is 4.39 Å². The van der Waals surface area contributed by atoms with Gasteiger partial charge in [0.25, 0.3) is 0 Å². The standard InChI is InChI=1S/C23H31FNO4PS/c24-22-7-2-1-6-21(22)23(17-29-18-23)12-3-4-15-31-20-10-8-19(9-11-20)16-25-13-5-14-30(26,27)28/h1-2,6-11,25H,3-5,12-18H2,(H2,26,27,28). The minimum atomic E-state index is -3.89. The quantitative estimate of drug-likeness (QED) is 0.225. The third-order valence-electron chi connectivity index (χ3n) is 5.58. The van der Waals surface area contributed by atoms with Crippen LogP contribution in [0.25, 0.3) is 0 Å². The van der Waals surface area contributed by atoms with Gasteiger partial charge < -0.3 is 19.8 Å². The fourth-order valence-electron chi connectivity index (χ4n) is 3.78. The second kappa shape index (κ2) is 11.6. The summed E-state index contributed by atoms with van der Waals surface area (Å²) in [6, 6.07) is 15.4. The molecule has 3 N–H and O–H groups in total. The molecule has 0 aliphatic carbocycles. The van der Waals surface area contributed by atoms with Crippen molar-refractivity contribution >= 4 is 19.4 Å². The molecule has 0 atom stereocenters. The molecule has 8 heteroatoms. The molecule has 0 unspecified atom stereocenters. The monoisotopic (exact) mass is 467 g/mol. The maximum atomic E-state index is 14.2. The lowest BCUT2D eigenvalue weighted by Crippen LogP contribution is -2.47. The van der Waals surface area contributed by atoms with E-state index in [1.54, 1.807) is 6.07 Å². The average Bonchev–Trinajstić information content (AvgIpc) is 2.70. The molecule has 0 bridgehead atoms. The van der Waals surface area contributed by atoms with E-state index >= 15 is 0 Å². The Labute approximate surface area is 188 Å². The smallest absolute Gasteiger partial charge is 0.325 e. The lowest BCUT2D eigenvalue weighted by molar-refractivity contribution is -0.0668. The van der Waals surface area contributed by atoms with Crippen LogP contribution in [0.1, 0.15) is 36.8 Å². The van der Waals surface area contributed by atoms with Gasteiger partial charge in [-0.2, -0.15) is 0 Å². The minimum absolute atomic E-state index is 0.0794. The normalized spacial score (nSPS) is 15.6. The summed E-state index contributed by atoms with van der Waals surface area (Å²) in [7, 11) is -3.89. The van der Waals surface area contributed by atoms with Crippen molar-refractivity contribution in [2.24, 2.45) is 0 Å². The molecule has 3 rings (SSSR count). The molecule has 1 saturated heterocycles. The van der Waals surface area contributed by atoms with E-state index in [4.69, 9.17) is 14.5 Å². The summed E-state index contributed by atoms with van der Waals surface area (Å²) in [6.07, 6.45) is 3.44. The van der Waals surface area contributed by atoms with Gasteiger partial charge in [0.15, 0.2) is 0 Å². The van der Waals surface area contributed by atoms with Crippen LogP contribution in [0.3, 0.4) is 0 Å². The van der Waals surface area contributed by atoms with E-state index in [2.05, 4.69) is 29.6 Å². The fourth-order valence-corrected chi connectivity index (χ4v) is 5.26. The summed E-state index contributed by atoms with van der Waals surface area (Å²) >= 11 is 1.83. The van der Waals surface area contributed by atoms with Crippen molar-refractivity contribution in [2.75, 3.05) is 31.7 Å². The maximum Gasteiger partial charge on any atom is 0.325 e. The van der Waals surface area contributed by atoms with Crippen molar-refractivity contribution in [1.29, 1.82) is 0 Å². The van der Waals surface area contributed by atoms with Gasteiger partial charge in [0, 0.05) is 16.9 Å². The van der Waals surface area contributed by atoms with E-state index in [0.717, 1.165) is 36.1 Å². The van der Waals surface area contributed by atoms with E-state index in [9.17, 15) is 8.96 Å². The summed E-state index contributed by atoms with van der Waals surface area (Å²) in [4.78, 5) is 18.9. The molecule has 0 radical (unpaired) electrons. The first-order valence-electron chi connectivity index (χ1n) is 10.7. The van der Waals surface area contributed by atoms with E-state index in [0.29, 0.717) is 32.7 Å². The molecule has 0 saturated carbocycles. The summed E-state index contributed by atoms with van der Waals surface area (Å²) in [5.41, 5.74) is 1.79. The highest BCUT2D eigenvalue weighted by atomic mass is 32.2. The first-order valence-corrected chi connectivity index (χ1v) is 13.5. The third-order valence-corrected chi connectivity index (χ3v) is 7.57. The number of thioether (sulfide) groups is 1. The zero-order chi connectivity index (χ0) is 22.2. The molecule has 31 heavy (non-hydrogen) atoms. The summed E-state index contributed by atoms with van der Waals surface area (Å²) < 4.78 is 30.5. The number of hydrogen-bond donors (Lipinski definition) is 3. The van der Waals surface area contributed by atoms with Crippen LogP contribution >= 0.6 is 19.4 Å². The maximum absolute atomic E-state index is 14.2. The van der Waals surface area contributed by atoms with Crippen molar-refractivity contribution in [3.8, 4) is 0 Å². The van der Waals surface area contributed by atoms with E-state index in [1.807, 2.05) is 23.9 Å². The Balaban J connectivity index is 1.33. The second-order valence-corrected chi connectivity index (χ2v) is 11.1. The largest absolute Gasteiger partial charge is 0.379 e. The molecule has 0 aromatic heterocycles. The highest BCUT2D eigenvalue weighted by Crippen LogP contribution is 2.39. The van der Waals surface area contributed by atoms with Crippen LogP contribution in [0.5, 0.6) is 0 Å². The Morgan fingerprint density at radius 2 is 1.81 bits per heavy atom. The molecular formula is C23H31FNO4PS. The van der Waals surface area contributed by atoms with Crippen LogP contribution in [-0.2, 0) is 21.3 Å². The molecule has 170 valence electrons. The number of benzene rings is 2. The number of unbranched alkanes of at least 4 members (excludes halogenated alkanes) is 1. The minimum Gasteiger partial charge on any atom is -0.379 e. The average molecular weight is 468 g/mol. The van der Waals surface area contributed by atoms with Gasteiger partial charge in [-0.25, -0.2) is 4.39 Å². The summed E-state index contributed by atoms with van der Waals surface area (Å²) in [5.74, 6) is 0.894. The Hall–Kier alpha value is -1.21. The van der Waals surface area contributed by atoms with Crippen LogP contribution in [0.15, 0.2) is 53.4 Å². The number of halogens is 1. The Kier molecular flexibility index (Phi) is 9.14. The van der Waals surface area contributed by atoms with Gasteiger partial charge in [-0.15, -0.1) is 11.8 Å². The molecule has 0 spiro atoms. The molecule has 2 aromatic rings.